The number of rotatable bonds is 4. The predicted octanol–water partition coefficient (Wildman–Crippen LogP) is 1.25. The van der Waals surface area contributed by atoms with Gasteiger partial charge in [0.25, 0.3) is 5.91 Å². The molecule has 0 spiro atoms. The van der Waals surface area contributed by atoms with Crippen molar-refractivity contribution in [3.05, 3.63) is 27.5 Å². The molecule has 4 N–H and O–H groups in total. The van der Waals surface area contributed by atoms with Crippen LogP contribution in [0.2, 0.25) is 0 Å². The monoisotopic (exact) mass is 265 g/mol. The van der Waals surface area contributed by atoms with E-state index in [2.05, 4.69) is 20.5 Å². The van der Waals surface area contributed by atoms with Crippen LogP contribution in [0.25, 0.3) is 0 Å². The van der Waals surface area contributed by atoms with Gasteiger partial charge in [0.05, 0.1) is 17.9 Å². The molecular formula is C11H15N5OS. The quantitative estimate of drug-likeness (QED) is 0.775. The van der Waals surface area contributed by atoms with E-state index in [0.717, 1.165) is 22.8 Å². The highest BCUT2D eigenvalue weighted by Crippen LogP contribution is 2.14. The van der Waals surface area contributed by atoms with Crippen molar-refractivity contribution in [1.29, 1.82) is 0 Å². The molecule has 0 saturated heterocycles. The SMILES string of the molecule is CCc1[nH]nc(C(=O)NCc2nc(C)cs2)c1N. The van der Waals surface area contributed by atoms with Crippen LogP contribution in [0.1, 0.15) is 33.8 Å². The number of amides is 1. The van der Waals surface area contributed by atoms with Gasteiger partial charge >= 0.3 is 0 Å². The molecule has 0 aliphatic heterocycles. The molecule has 2 aromatic heterocycles. The lowest BCUT2D eigenvalue weighted by Gasteiger charge is -2.01. The van der Waals surface area contributed by atoms with Gasteiger partial charge in [0, 0.05) is 11.1 Å². The van der Waals surface area contributed by atoms with Gasteiger partial charge in [-0.15, -0.1) is 11.3 Å². The number of aromatic nitrogens is 3. The van der Waals surface area contributed by atoms with E-state index in [9.17, 15) is 4.79 Å². The summed E-state index contributed by atoms with van der Waals surface area (Å²) in [4.78, 5) is 16.1. The van der Waals surface area contributed by atoms with Gasteiger partial charge in [-0.1, -0.05) is 6.92 Å². The highest BCUT2D eigenvalue weighted by Gasteiger charge is 2.16. The van der Waals surface area contributed by atoms with Crippen molar-refractivity contribution >= 4 is 22.9 Å². The number of H-pyrrole nitrogens is 1. The summed E-state index contributed by atoms with van der Waals surface area (Å²) in [6.07, 6.45) is 0.720. The second-order valence-electron chi connectivity index (χ2n) is 3.88. The Morgan fingerprint density at radius 2 is 2.39 bits per heavy atom. The van der Waals surface area contributed by atoms with E-state index >= 15 is 0 Å². The maximum atomic E-state index is 11.9. The van der Waals surface area contributed by atoms with Crippen molar-refractivity contribution in [3.8, 4) is 0 Å². The van der Waals surface area contributed by atoms with Gasteiger partial charge in [-0.05, 0) is 13.3 Å². The summed E-state index contributed by atoms with van der Waals surface area (Å²) in [6, 6.07) is 0. The van der Waals surface area contributed by atoms with Crippen LogP contribution in [-0.2, 0) is 13.0 Å². The van der Waals surface area contributed by atoms with Crippen LogP contribution >= 0.6 is 11.3 Å². The zero-order chi connectivity index (χ0) is 13.1. The molecule has 6 nitrogen and oxygen atoms in total. The van der Waals surface area contributed by atoms with E-state index in [-0.39, 0.29) is 11.6 Å². The lowest BCUT2D eigenvalue weighted by atomic mass is 10.2. The zero-order valence-corrected chi connectivity index (χ0v) is 11.1. The first kappa shape index (κ1) is 12.6. The van der Waals surface area contributed by atoms with Crippen molar-refractivity contribution in [2.24, 2.45) is 0 Å². The topological polar surface area (TPSA) is 96.7 Å². The van der Waals surface area contributed by atoms with Crippen LogP contribution in [-0.4, -0.2) is 21.1 Å². The molecule has 2 rings (SSSR count). The Kier molecular flexibility index (Phi) is 3.61. The molecule has 0 aromatic carbocycles. The number of aryl methyl sites for hydroxylation is 2. The Balaban J connectivity index is 2.01. The van der Waals surface area contributed by atoms with Gasteiger partial charge in [0.15, 0.2) is 5.69 Å². The fourth-order valence-corrected chi connectivity index (χ4v) is 2.26. The molecule has 18 heavy (non-hydrogen) atoms. The smallest absolute Gasteiger partial charge is 0.274 e. The average molecular weight is 265 g/mol. The summed E-state index contributed by atoms with van der Waals surface area (Å²) >= 11 is 1.52. The molecular weight excluding hydrogens is 250 g/mol. The minimum Gasteiger partial charge on any atom is -0.395 e. The number of nitrogen functional groups attached to an aromatic ring is 1. The number of thiazole rings is 1. The van der Waals surface area contributed by atoms with Crippen molar-refractivity contribution in [2.75, 3.05) is 5.73 Å². The number of nitrogens with one attached hydrogen (secondary N) is 2. The second-order valence-corrected chi connectivity index (χ2v) is 4.83. The minimum atomic E-state index is -0.281. The molecule has 0 bridgehead atoms. The molecule has 0 radical (unpaired) electrons. The van der Waals surface area contributed by atoms with Crippen LogP contribution in [0, 0.1) is 6.92 Å². The maximum Gasteiger partial charge on any atom is 0.274 e. The molecule has 0 fully saturated rings. The first-order chi connectivity index (χ1) is 8.61. The molecule has 0 unspecified atom stereocenters. The van der Waals surface area contributed by atoms with Crippen LogP contribution in [0.5, 0.6) is 0 Å². The lowest BCUT2D eigenvalue weighted by Crippen LogP contribution is -2.24. The Labute approximate surface area is 109 Å². The molecule has 0 aliphatic rings. The largest absolute Gasteiger partial charge is 0.395 e. The number of aromatic amines is 1. The van der Waals surface area contributed by atoms with Crippen molar-refractivity contribution in [3.63, 3.8) is 0 Å². The minimum absolute atomic E-state index is 0.250. The molecule has 0 atom stereocenters. The summed E-state index contributed by atoms with van der Waals surface area (Å²) < 4.78 is 0. The van der Waals surface area contributed by atoms with Crippen LogP contribution < -0.4 is 11.1 Å². The summed E-state index contributed by atoms with van der Waals surface area (Å²) in [5.74, 6) is -0.281. The molecule has 96 valence electrons. The summed E-state index contributed by atoms with van der Waals surface area (Å²) in [7, 11) is 0. The predicted molar refractivity (Wildman–Crippen MR) is 70.4 cm³/mol. The highest BCUT2D eigenvalue weighted by atomic mass is 32.1. The van der Waals surface area contributed by atoms with E-state index in [1.165, 1.54) is 11.3 Å². The second kappa shape index (κ2) is 5.18. The fourth-order valence-electron chi connectivity index (χ4n) is 1.55. The van der Waals surface area contributed by atoms with Gasteiger partial charge in [-0.25, -0.2) is 4.98 Å². The summed E-state index contributed by atoms with van der Waals surface area (Å²) in [5, 5.41) is 12.2. The molecule has 0 aliphatic carbocycles. The van der Waals surface area contributed by atoms with Gasteiger partial charge in [-0.3, -0.25) is 9.89 Å². The number of anilines is 1. The van der Waals surface area contributed by atoms with Crippen LogP contribution in [0.3, 0.4) is 0 Å². The first-order valence-electron chi connectivity index (χ1n) is 5.63. The lowest BCUT2D eigenvalue weighted by molar-refractivity contribution is 0.0946. The van der Waals surface area contributed by atoms with E-state index in [1.54, 1.807) is 0 Å². The number of carbonyl (C=O) groups is 1. The van der Waals surface area contributed by atoms with Gasteiger partial charge in [0.2, 0.25) is 0 Å². The Hall–Kier alpha value is -1.89. The molecule has 1 amide bonds. The normalized spacial score (nSPS) is 10.6. The zero-order valence-electron chi connectivity index (χ0n) is 10.3. The molecule has 7 heteroatoms. The molecule has 0 saturated carbocycles. The summed E-state index contributed by atoms with van der Waals surface area (Å²) in [6.45, 7) is 4.26. The maximum absolute atomic E-state index is 11.9. The Bertz CT molecular complexity index is 560. The number of hydrogen-bond acceptors (Lipinski definition) is 5. The van der Waals surface area contributed by atoms with Crippen LogP contribution in [0.15, 0.2) is 5.38 Å². The summed E-state index contributed by atoms with van der Waals surface area (Å²) in [5.41, 5.74) is 8.23. The van der Waals surface area contributed by atoms with Gasteiger partial charge in [-0.2, -0.15) is 5.10 Å². The van der Waals surface area contributed by atoms with E-state index < -0.39 is 0 Å². The number of hydrogen-bond donors (Lipinski definition) is 3. The number of carbonyl (C=O) groups excluding carboxylic acids is 1. The molecule has 2 aromatic rings. The van der Waals surface area contributed by atoms with Crippen molar-refractivity contribution < 1.29 is 4.79 Å². The Morgan fingerprint density at radius 1 is 1.61 bits per heavy atom. The van der Waals surface area contributed by atoms with E-state index in [1.807, 2.05) is 19.2 Å². The van der Waals surface area contributed by atoms with Crippen molar-refractivity contribution in [1.82, 2.24) is 20.5 Å². The van der Waals surface area contributed by atoms with Gasteiger partial charge in [0.1, 0.15) is 5.01 Å². The number of nitrogens with two attached hydrogens (primary N) is 1. The van der Waals surface area contributed by atoms with E-state index in [0.29, 0.717) is 12.2 Å². The standard InChI is InChI=1S/C11H15N5OS/c1-3-7-9(12)10(16-15-7)11(17)13-4-8-14-6(2)5-18-8/h5H,3-4,12H2,1-2H3,(H,13,17)(H,15,16). The highest BCUT2D eigenvalue weighted by molar-refractivity contribution is 7.09. The van der Waals surface area contributed by atoms with Crippen LogP contribution in [0.4, 0.5) is 5.69 Å². The third-order valence-corrected chi connectivity index (χ3v) is 3.48. The Morgan fingerprint density at radius 3 is 2.94 bits per heavy atom. The fraction of sp³-hybridized carbons (Fsp3) is 0.364. The van der Waals surface area contributed by atoms with Gasteiger partial charge < -0.3 is 11.1 Å². The first-order valence-corrected chi connectivity index (χ1v) is 6.51. The van der Waals surface area contributed by atoms with Crippen molar-refractivity contribution in [2.45, 2.75) is 26.8 Å². The molecule has 2 heterocycles. The third-order valence-electron chi connectivity index (χ3n) is 2.52. The average Bonchev–Trinajstić information content (AvgIpc) is 2.92. The van der Waals surface area contributed by atoms with E-state index in [4.69, 9.17) is 5.73 Å². The third kappa shape index (κ3) is 2.51. The number of nitrogens with zero attached hydrogens (tertiary/aromatic N) is 2.